The number of nitrogens with one attached hydrogen (secondary N) is 1. The average molecular weight is 199 g/mol. The molecule has 0 radical (unpaired) electrons. The van der Waals surface area contributed by atoms with E-state index in [9.17, 15) is 4.79 Å². The van der Waals surface area contributed by atoms with E-state index in [-0.39, 0.29) is 12.0 Å². The summed E-state index contributed by atoms with van der Waals surface area (Å²) in [6, 6.07) is -0.317. The van der Waals surface area contributed by atoms with E-state index in [1.165, 1.54) is 13.4 Å². The van der Waals surface area contributed by atoms with Crippen LogP contribution in [0.25, 0.3) is 0 Å². The molecule has 0 aliphatic rings. The van der Waals surface area contributed by atoms with E-state index in [1.807, 2.05) is 0 Å². The lowest BCUT2D eigenvalue weighted by Crippen LogP contribution is -2.36. The van der Waals surface area contributed by atoms with Gasteiger partial charge in [-0.2, -0.15) is 4.98 Å². The second-order valence-electron chi connectivity index (χ2n) is 2.78. The zero-order valence-corrected chi connectivity index (χ0v) is 8.19. The summed E-state index contributed by atoms with van der Waals surface area (Å²) in [5.74, 6) is 0.269. The van der Waals surface area contributed by atoms with E-state index in [4.69, 9.17) is 4.52 Å². The lowest BCUT2D eigenvalue weighted by atomic mass is 10.3. The number of hydrogen-bond acceptors (Lipinski definition) is 6. The zero-order valence-electron chi connectivity index (χ0n) is 8.19. The van der Waals surface area contributed by atoms with E-state index in [0.717, 1.165) is 0 Å². The summed E-state index contributed by atoms with van der Waals surface area (Å²) in [5, 5.41) is 6.43. The Morgan fingerprint density at radius 2 is 2.57 bits per heavy atom. The highest BCUT2D eigenvalue weighted by Gasteiger charge is 2.11. The normalized spacial score (nSPS) is 12.4. The van der Waals surface area contributed by atoms with Gasteiger partial charge >= 0.3 is 5.97 Å². The standard InChI is InChI=1S/C8H13N3O3/c1-6(8(12)13-2)9-4-3-7-10-5-11-14-7/h5-6,9H,3-4H2,1-2H3. The van der Waals surface area contributed by atoms with Gasteiger partial charge in [0.05, 0.1) is 7.11 Å². The molecule has 1 N–H and O–H groups in total. The number of carbonyl (C=O) groups is 1. The third-order valence-corrected chi connectivity index (χ3v) is 1.75. The summed E-state index contributed by atoms with van der Waals surface area (Å²) >= 11 is 0. The first-order valence-corrected chi connectivity index (χ1v) is 4.31. The van der Waals surface area contributed by atoms with Gasteiger partial charge in [0, 0.05) is 13.0 Å². The van der Waals surface area contributed by atoms with E-state index in [1.54, 1.807) is 6.92 Å². The Labute approximate surface area is 81.6 Å². The second kappa shape index (κ2) is 5.33. The summed E-state index contributed by atoms with van der Waals surface area (Å²) in [6.07, 6.45) is 1.94. The first kappa shape index (κ1) is 10.6. The minimum Gasteiger partial charge on any atom is -0.468 e. The van der Waals surface area contributed by atoms with E-state index in [0.29, 0.717) is 18.9 Å². The summed E-state index contributed by atoms with van der Waals surface area (Å²) in [5.41, 5.74) is 0. The smallest absolute Gasteiger partial charge is 0.322 e. The third-order valence-electron chi connectivity index (χ3n) is 1.75. The predicted octanol–water partition coefficient (Wildman–Crippen LogP) is -0.237. The van der Waals surface area contributed by atoms with Crippen LogP contribution in [0.5, 0.6) is 0 Å². The van der Waals surface area contributed by atoms with Gasteiger partial charge in [-0.15, -0.1) is 0 Å². The highest BCUT2D eigenvalue weighted by molar-refractivity contribution is 5.74. The van der Waals surface area contributed by atoms with Gasteiger partial charge in [0.25, 0.3) is 0 Å². The van der Waals surface area contributed by atoms with Crippen molar-refractivity contribution in [2.24, 2.45) is 0 Å². The van der Waals surface area contributed by atoms with Crippen LogP contribution in [0, 0.1) is 0 Å². The number of esters is 1. The summed E-state index contributed by atoms with van der Waals surface area (Å²) in [6.45, 7) is 2.33. The number of rotatable bonds is 5. The van der Waals surface area contributed by atoms with E-state index >= 15 is 0 Å². The number of ether oxygens (including phenoxy) is 1. The number of methoxy groups -OCH3 is 1. The van der Waals surface area contributed by atoms with Crippen molar-refractivity contribution in [2.75, 3.05) is 13.7 Å². The van der Waals surface area contributed by atoms with Crippen molar-refractivity contribution in [3.05, 3.63) is 12.2 Å². The Kier molecular flexibility index (Phi) is 4.06. The molecule has 0 fully saturated rings. The van der Waals surface area contributed by atoms with Gasteiger partial charge in [0.15, 0.2) is 6.33 Å². The predicted molar refractivity (Wildman–Crippen MR) is 47.5 cm³/mol. The molecule has 1 rings (SSSR count). The fraction of sp³-hybridized carbons (Fsp3) is 0.625. The molecule has 0 aromatic carbocycles. The fourth-order valence-corrected chi connectivity index (χ4v) is 0.962. The third kappa shape index (κ3) is 3.14. The van der Waals surface area contributed by atoms with Gasteiger partial charge in [-0.25, -0.2) is 0 Å². The number of nitrogens with zero attached hydrogens (tertiary/aromatic N) is 2. The maximum absolute atomic E-state index is 11.0. The quantitative estimate of drug-likeness (QED) is 0.660. The molecule has 1 aromatic rings. The molecule has 78 valence electrons. The van der Waals surface area contributed by atoms with Crippen molar-refractivity contribution < 1.29 is 14.1 Å². The Bertz CT molecular complexity index is 273. The SMILES string of the molecule is COC(=O)C(C)NCCc1ncno1. The van der Waals surface area contributed by atoms with Crippen LogP contribution in [-0.4, -0.2) is 35.8 Å². The Hall–Kier alpha value is -1.43. The van der Waals surface area contributed by atoms with Gasteiger partial charge in [-0.1, -0.05) is 5.16 Å². The number of carbonyl (C=O) groups excluding carboxylic acids is 1. The van der Waals surface area contributed by atoms with Gasteiger partial charge in [-0.05, 0) is 6.92 Å². The average Bonchev–Trinajstić information content (AvgIpc) is 2.69. The van der Waals surface area contributed by atoms with Crippen LogP contribution in [0.3, 0.4) is 0 Å². The van der Waals surface area contributed by atoms with Gasteiger partial charge < -0.3 is 14.6 Å². The Morgan fingerprint density at radius 3 is 3.14 bits per heavy atom. The van der Waals surface area contributed by atoms with Crippen molar-refractivity contribution in [1.29, 1.82) is 0 Å². The topological polar surface area (TPSA) is 77.2 Å². The molecule has 1 atom stereocenters. The molecule has 1 unspecified atom stereocenters. The van der Waals surface area contributed by atoms with Crippen LogP contribution in [0.15, 0.2) is 10.9 Å². The van der Waals surface area contributed by atoms with Gasteiger partial charge in [0.2, 0.25) is 5.89 Å². The first-order chi connectivity index (χ1) is 6.74. The highest BCUT2D eigenvalue weighted by Crippen LogP contribution is 1.92. The first-order valence-electron chi connectivity index (χ1n) is 4.31. The van der Waals surface area contributed by atoms with Crippen LogP contribution in [0.1, 0.15) is 12.8 Å². The molecule has 6 heteroatoms. The Morgan fingerprint density at radius 1 is 1.79 bits per heavy atom. The second-order valence-corrected chi connectivity index (χ2v) is 2.78. The highest BCUT2D eigenvalue weighted by atomic mass is 16.5. The largest absolute Gasteiger partial charge is 0.468 e. The molecular formula is C8H13N3O3. The molecular weight excluding hydrogens is 186 g/mol. The number of hydrogen-bond donors (Lipinski definition) is 1. The summed E-state index contributed by atoms with van der Waals surface area (Å²) in [7, 11) is 1.36. The van der Waals surface area contributed by atoms with Crippen molar-refractivity contribution in [1.82, 2.24) is 15.5 Å². The number of aromatic nitrogens is 2. The lowest BCUT2D eigenvalue weighted by molar-refractivity contribution is -0.142. The van der Waals surface area contributed by atoms with Crippen molar-refractivity contribution in [2.45, 2.75) is 19.4 Å². The Balaban J connectivity index is 2.18. The van der Waals surface area contributed by atoms with Crippen LogP contribution in [0.2, 0.25) is 0 Å². The maximum Gasteiger partial charge on any atom is 0.322 e. The molecule has 0 bridgehead atoms. The zero-order chi connectivity index (χ0) is 10.4. The molecule has 0 aliphatic heterocycles. The van der Waals surface area contributed by atoms with Crippen LogP contribution in [-0.2, 0) is 16.0 Å². The van der Waals surface area contributed by atoms with Crippen LogP contribution >= 0.6 is 0 Å². The van der Waals surface area contributed by atoms with E-state index in [2.05, 4.69) is 20.2 Å². The molecule has 1 aromatic heterocycles. The van der Waals surface area contributed by atoms with Gasteiger partial charge in [0.1, 0.15) is 6.04 Å². The molecule has 6 nitrogen and oxygen atoms in total. The molecule has 0 amide bonds. The molecule has 1 heterocycles. The van der Waals surface area contributed by atoms with Gasteiger partial charge in [-0.3, -0.25) is 4.79 Å². The van der Waals surface area contributed by atoms with Crippen molar-refractivity contribution >= 4 is 5.97 Å². The minimum atomic E-state index is -0.317. The van der Waals surface area contributed by atoms with Crippen LogP contribution < -0.4 is 5.32 Å². The van der Waals surface area contributed by atoms with Crippen molar-refractivity contribution in [3.8, 4) is 0 Å². The molecule has 14 heavy (non-hydrogen) atoms. The molecule has 0 saturated carbocycles. The monoisotopic (exact) mass is 199 g/mol. The van der Waals surface area contributed by atoms with Crippen LogP contribution in [0.4, 0.5) is 0 Å². The lowest BCUT2D eigenvalue weighted by Gasteiger charge is -2.09. The fourth-order valence-electron chi connectivity index (χ4n) is 0.962. The minimum absolute atomic E-state index is 0.282. The van der Waals surface area contributed by atoms with Crippen molar-refractivity contribution in [3.63, 3.8) is 0 Å². The molecule has 0 aliphatic carbocycles. The maximum atomic E-state index is 11.0. The molecule has 0 spiro atoms. The summed E-state index contributed by atoms with van der Waals surface area (Å²) in [4.78, 5) is 14.8. The summed E-state index contributed by atoms with van der Waals surface area (Å²) < 4.78 is 9.33. The molecule has 0 saturated heterocycles. The van der Waals surface area contributed by atoms with E-state index < -0.39 is 0 Å².